The number of likely N-dealkylation sites (N-methyl/N-ethyl adjacent to an activating group) is 1. The van der Waals surface area contributed by atoms with Crippen LogP contribution in [0.15, 0.2) is 29.3 Å². The first kappa shape index (κ1) is 24.8. The molecule has 2 N–H and O–H groups in total. The highest BCUT2D eigenvalue weighted by atomic mass is 127. The fourth-order valence-corrected chi connectivity index (χ4v) is 3.57. The quantitative estimate of drug-likeness (QED) is 0.308. The first-order valence-corrected chi connectivity index (χ1v) is 10.3. The highest BCUT2D eigenvalue weighted by Crippen LogP contribution is 2.30. The molecular weight excluding hydrogens is 465 g/mol. The van der Waals surface area contributed by atoms with Crippen molar-refractivity contribution in [2.24, 2.45) is 4.99 Å². The molecule has 0 amide bonds. The van der Waals surface area contributed by atoms with Gasteiger partial charge >= 0.3 is 0 Å². The Hall–Kier alpha value is -1.22. The molecule has 1 unspecified atom stereocenters. The largest absolute Gasteiger partial charge is 0.495 e. The molecule has 1 fully saturated rings. The van der Waals surface area contributed by atoms with Gasteiger partial charge in [-0.2, -0.15) is 0 Å². The summed E-state index contributed by atoms with van der Waals surface area (Å²) in [7, 11) is 1.73. The summed E-state index contributed by atoms with van der Waals surface area (Å²) in [5.74, 6) is 1.86. The van der Waals surface area contributed by atoms with E-state index in [1.807, 2.05) is 12.1 Å². The summed E-state index contributed by atoms with van der Waals surface area (Å²) in [6.45, 7) is 14.5. The van der Waals surface area contributed by atoms with Gasteiger partial charge < -0.3 is 20.3 Å². The second kappa shape index (κ2) is 13.1. The summed E-state index contributed by atoms with van der Waals surface area (Å²) < 4.78 is 5.52. The van der Waals surface area contributed by atoms with E-state index in [1.165, 1.54) is 5.69 Å². The fourth-order valence-electron chi connectivity index (χ4n) is 3.57. The average Bonchev–Trinajstić information content (AvgIpc) is 3.13. The van der Waals surface area contributed by atoms with Crippen molar-refractivity contribution in [2.75, 3.05) is 51.3 Å². The van der Waals surface area contributed by atoms with E-state index >= 15 is 0 Å². The lowest BCUT2D eigenvalue weighted by Gasteiger charge is -2.24. The summed E-state index contributed by atoms with van der Waals surface area (Å²) >= 11 is 0. The molecule has 0 saturated carbocycles. The van der Waals surface area contributed by atoms with Gasteiger partial charge in [-0.25, -0.2) is 0 Å². The Morgan fingerprint density at radius 1 is 1.32 bits per heavy atom. The summed E-state index contributed by atoms with van der Waals surface area (Å²) in [5, 5.41) is 7.00. The lowest BCUT2D eigenvalue weighted by atomic mass is 10.2. The number of para-hydroxylation sites is 2. The van der Waals surface area contributed by atoms with E-state index in [1.54, 1.807) is 7.11 Å². The standard InChI is InChI=1S/C21H37N5O.HI/c1-6-22-21(23-13-15-25(7-2)17(3)4)24-18-12-14-26(16-18)19-10-8-9-11-20(19)27-5;/h8-11,17-18H,6-7,12-16H2,1-5H3,(H2,22,23,24);1H. The van der Waals surface area contributed by atoms with Crippen molar-refractivity contribution in [1.82, 2.24) is 15.5 Å². The lowest BCUT2D eigenvalue weighted by Crippen LogP contribution is -2.45. The Labute approximate surface area is 188 Å². The molecule has 1 aliphatic heterocycles. The van der Waals surface area contributed by atoms with Gasteiger partial charge in [-0.1, -0.05) is 19.1 Å². The monoisotopic (exact) mass is 503 g/mol. The summed E-state index contributed by atoms with van der Waals surface area (Å²) in [6, 6.07) is 9.19. The van der Waals surface area contributed by atoms with Crippen molar-refractivity contribution < 1.29 is 4.74 Å². The van der Waals surface area contributed by atoms with E-state index in [-0.39, 0.29) is 24.0 Å². The minimum Gasteiger partial charge on any atom is -0.495 e. The number of hydrogen-bond donors (Lipinski definition) is 2. The summed E-state index contributed by atoms with van der Waals surface area (Å²) in [4.78, 5) is 9.61. The number of guanidine groups is 1. The molecule has 1 saturated heterocycles. The van der Waals surface area contributed by atoms with Gasteiger partial charge in [0, 0.05) is 38.3 Å². The normalized spacial score (nSPS) is 17.0. The van der Waals surface area contributed by atoms with Crippen LogP contribution in [0.5, 0.6) is 5.75 Å². The maximum absolute atomic E-state index is 5.52. The second-order valence-corrected chi connectivity index (χ2v) is 7.23. The van der Waals surface area contributed by atoms with E-state index < -0.39 is 0 Å². The zero-order valence-corrected chi connectivity index (χ0v) is 20.4. The van der Waals surface area contributed by atoms with Gasteiger partial charge in [0.2, 0.25) is 0 Å². The number of nitrogens with one attached hydrogen (secondary N) is 2. The highest BCUT2D eigenvalue weighted by molar-refractivity contribution is 14.0. The van der Waals surface area contributed by atoms with Crippen molar-refractivity contribution in [3.8, 4) is 5.75 Å². The van der Waals surface area contributed by atoms with E-state index in [0.29, 0.717) is 12.1 Å². The van der Waals surface area contributed by atoms with Crippen molar-refractivity contribution in [2.45, 2.75) is 46.2 Å². The topological polar surface area (TPSA) is 52.1 Å². The molecule has 1 atom stereocenters. The van der Waals surface area contributed by atoms with Gasteiger partial charge in [0.25, 0.3) is 0 Å². The Bertz CT molecular complexity index is 596. The molecule has 0 spiro atoms. The number of methoxy groups -OCH3 is 1. The van der Waals surface area contributed by atoms with Gasteiger partial charge in [-0.05, 0) is 45.9 Å². The van der Waals surface area contributed by atoms with Crippen LogP contribution in [0.3, 0.4) is 0 Å². The Morgan fingerprint density at radius 3 is 2.71 bits per heavy atom. The van der Waals surface area contributed by atoms with Crippen LogP contribution >= 0.6 is 24.0 Å². The molecule has 0 radical (unpaired) electrons. The summed E-state index contributed by atoms with van der Waals surface area (Å²) in [5.41, 5.74) is 1.17. The number of halogens is 1. The van der Waals surface area contributed by atoms with Crippen LogP contribution in [0.2, 0.25) is 0 Å². The number of anilines is 1. The molecule has 28 heavy (non-hydrogen) atoms. The third kappa shape index (κ3) is 7.31. The maximum Gasteiger partial charge on any atom is 0.191 e. The molecule has 0 aliphatic carbocycles. The SMILES string of the molecule is CCNC(=NCCN(CC)C(C)C)NC1CCN(c2ccccc2OC)C1.I. The Morgan fingerprint density at radius 2 is 2.07 bits per heavy atom. The van der Waals surface area contributed by atoms with Crippen molar-refractivity contribution in [3.05, 3.63) is 24.3 Å². The van der Waals surface area contributed by atoms with E-state index in [9.17, 15) is 0 Å². The van der Waals surface area contributed by atoms with Crippen LogP contribution in [-0.2, 0) is 0 Å². The third-order valence-electron chi connectivity index (χ3n) is 5.09. The third-order valence-corrected chi connectivity index (χ3v) is 5.09. The van der Waals surface area contributed by atoms with Gasteiger partial charge in [0.05, 0.1) is 19.3 Å². The number of ether oxygens (including phenoxy) is 1. The van der Waals surface area contributed by atoms with Crippen molar-refractivity contribution in [3.63, 3.8) is 0 Å². The zero-order valence-electron chi connectivity index (χ0n) is 18.1. The number of hydrogen-bond acceptors (Lipinski definition) is 4. The molecule has 1 aromatic rings. The molecule has 0 aromatic heterocycles. The van der Waals surface area contributed by atoms with Gasteiger partial charge in [0.1, 0.15) is 5.75 Å². The lowest BCUT2D eigenvalue weighted by molar-refractivity contribution is 0.240. The molecule has 7 heteroatoms. The number of benzene rings is 1. The molecule has 1 aromatic carbocycles. The fraction of sp³-hybridized carbons (Fsp3) is 0.667. The molecule has 6 nitrogen and oxygen atoms in total. The van der Waals surface area contributed by atoms with Crippen molar-refractivity contribution in [1.29, 1.82) is 0 Å². The van der Waals surface area contributed by atoms with Crippen LogP contribution in [0.1, 0.15) is 34.1 Å². The van der Waals surface area contributed by atoms with E-state index in [2.05, 4.69) is 60.3 Å². The maximum atomic E-state index is 5.52. The number of aliphatic imine (C=N–C) groups is 1. The highest BCUT2D eigenvalue weighted by Gasteiger charge is 2.25. The van der Waals surface area contributed by atoms with Crippen molar-refractivity contribution >= 4 is 35.6 Å². The molecular formula is C21H38IN5O. The average molecular weight is 503 g/mol. The molecule has 1 heterocycles. The first-order chi connectivity index (χ1) is 13.1. The molecule has 2 rings (SSSR count). The second-order valence-electron chi connectivity index (χ2n) is 7.23. The first-order valence-electron chi connectivity index (χ1n) is 10.3. The Kier molecular flexibility index (Phi) is 11.6. The van der Waals surface area contributed by atoms with E-state index in [4.69, 9.17) is 9.73 Å². The minimum atomic E-state index is 0. The van der Waals surface area contributed by atoms with Crippen LogP contribution in [-0.4, -0.2) is 69.3 Å². The van der Waals surface area contributed by atoms with E-state index in [0.717, 1.165) is 57.4 Å². The number of rotatable bonds is 9. The van der Waals surface area contributed by atoms with Gasteiger partial charge in [0.15, 0.2) is 5.96 Å². The predicted octanol–water partition coefficient (Wildman–Crippen LogP) is 3.18. The smallest absolute Gasteiger partial charge is 0.191 e. The molecule has 160 valence electrons. The van der Waals surface area contributed by atoms with Gasteiger partial charge in [-0.3, -0.25) is 9.89 Å². The van der Waals surface area contributed by atoms with Crippen LogP contribution in [0, 0.1) is 0 Å². The number of nitrogens with zero attached hydrogens (tertiary/aromatic N) is 3. The summed E-state index contributed by atoms with van der Waals surface area (Å²) in [6.07, 6.45) is 1.09. The molecule has 1 aliphatic rings. The minimum absolute atomic E-state index is 0. The van der Waals surface area contributed by atoms with Crippen LogP contribution < -0.4 is 20.3 Å². The Balaban J connectivity index is 0.00000392. The molecule has 0 bridgehead atoms. The van der Waals surface area contributed by atoms with Gasteiger partial charge in [-0.15, -0.1) is 24.0 Å². The van der Waals surface area contributed by atoms with Crippen LogP contribution in [0.4, 0.5) is 5.69 Å². The van der Waals surface area contributed by atoms with Crippen LogP contribution in [0.25, 0.3) is 0 Å². The predicted molar refractivity (Wildman–Crippen MR) is 131 cm³/mol. The zero-order chi connectivity index (χ0) is 19.6.